The van der Waals surface area contributed by atoms with Gasteiger partial charge in [-0.05, 0) is 24.1 Å². The van der Waals surface area contributed by atoms with E-state index in [2.05, 4.69) is 0 Å². The van der Waals surface area contributed by atoms with Crippen molar-refractivity contribution in [2.75, 3.05) is 13.7 Å². The molecule has 94 valence electrons. The number of rotatable bonds is 7. The summed E-state index contributed by atoms with van der Waals surface area (Å²) in [6.45, 7) is 0.558. The Bertz CT molecular complexity index is 351. The Morgan fingerprint density at radius 2 is 2.06 bits per heavy atom. The van der Waals surface area contributed by atoms with E-state index in [4.69, 9.17) is 15.9 Å². The highest BCUT2D eigenvalue weighted by Crippen LogP contribution is 2.07. The third-order valence-corrected chi connectivity index (χ3v) is 2.53. The summed E-state index contributed by atoms with van der Waals surface area (Å²) in [5.41, 5.74) is 7.54. The molecule has 1 aromatic rings. The first-order chi connectivity index (χ1) is 8.11. The smallest absolute Gasteiger partial charge is 0.123 e. The molecule has 0 aromatic heterocycles. The Balaban J connectivity index is 2.36. The van der Waals surface area contributed by atoms with Crippen LogP contribution in [0.2, 0.25) is 0 Å². The summed E-state index contributed by atoms with van der Waals surface area (Å²) in [5, 5.41) is 7.70. The second-order valence-corrected chi connectivity index (χ2v) is 4.14. The van der Waals surface area contributed by atoms with E-state index in [9.17, 15) is 4.39 Å². The minimum Gasteiger partial charge on any atom is -0.384 e. The van der Waals surface area contributed by atoms with Gasteiger partial charge in [0.1, 0.15) is 5.82 Å². The fraction of sp³-hybridized carbons (Fsp3) is 0.462. The van der Waals surface area contributed by atoms with Gasteiger partial charge in [0.15, 0.2) is 0 Å². The van der Waals surface area contributed by atoms with E-state index in [0.717, 1.165) is 5.56 Å². The lowest BCUT2D eigenvalue weighted by molar-refractivity contribution is 0.207. The summed E-state index contributed by atoms with van der Waals surface area (Å²) in [7, 11) is 1.62. The predicted octanol–water partition coefficient (Wildman–Crippen LogP) is 2.14. The molecule has 0 amide bonds. The van der Waals surface area contributed by atoms with E-state index in [1.54, 1.807) is 19.2 Å². The topological polar surface area (TPSA) is 59.1 Å². The summed E-state index contributed by atoms with van der Waals surface area (Å²) in [6.07, 6.45) is 1.84. The summed E-state index contributed by atoms with van der Waals surface area (Å²) >= 11 is 0. The van der Waals surface area contributed by atoms with Gasteiger partial charge in [-0.15, -0.1) is 0 Å². The van der Waals surface area contributed by atoms with Crippen molar-refractivity contribution in [1.29, 1.82) is 5.41 Å². The number of hydrogen-bond acceptors (Lipinski definition) is 3. The molecule has 4 heteroatoms. The quantitative estimate of drug-likeness (QED) is 0.715. The van der Waals surface area contributed by atoms with Crippen molar-refractivity contribution in [2.45, 2.75) is 25.3 Å². The third kappa shape index (κ3) is 5.56. The minimum absolute atomic E-state index is 0.0928. The van der Waals surface area contributed by atoms with Crippen molar-refractivity contribution in [3.05, 3.63) is 35.6 Å². The Morgan fingerprint density at radius 3 is 2.65 bits per heavy atom. The summed E-state index contributed by atoms with van der Waals surface area (Å²) in [4.78, 5) is 0. The second kappa shape index (κ2) is 7.14. The van der Waals surface area contributed by atoms with Gasteiger partial charge in [-0.25, -0.2) is 4.39 Å². The molecule has 1 aromatic carbocycles. The molecule has 3 N–H and O–H groups in total. The summed E-state index contributed by atoms with van der Waals surface area (Å²) in [5.74, 6) is -0.241. The van der Waals surface area contributed by atoms with Gasteiger partial charge in [0.25, 0.3) is 0 Å². The first kappa shape index (κ1) is 13.8. The van der Waals surface area contributed by atoms with Gasteiger partial charge in [0.2, 0.25) is 0 Å². The molecule has 0 aliphatic carbocycles. The maximum absolute atomic E-state index is 12.7. The van der Waals surface area contributed by atoms with Crippen LogP contribution in [0.25, 0.3) is 0 Å². The zero-order valence-electron chi connectivity index (χ0n) is 10.1. The standard InChI is InChI=1S/C13H19FN2O/c1-17-7-6-12(15)9-13(16)8-10-2-4-11(14)5-3-10/h2-5,13,15H,6-9,16H2,1H3. The van der Waals surface area contributed by atoms with Crippen LogP contribution in [0.4, 0.5) is 4.39 Å². The van der Waals surface area contributed by atoms with E-state index < -0.39 is 0 Å². The van der Waals surface area contributed by atoms with Crippen LogP contribution in [0, 0.1) is 11.2 Å². The molecule has 0 saturated heterocycles. The van der Waals surface area contributed by atoms with Crippen LogP contribution in [0.5, 0.6) is 0 Å². The van der Waals surface area contributed by atoms with Crippen molar-refractivity contribution >= 4 is 5.71 Å². The minimum atomic E-state index is -0.241. The molecular weight excluding hydrogens is 219 g/mol. The molecule has 0 fully saturated rings. The molecular formula is C13H19FN2O. The second-order valence-electron chi connectivity index (χ2n) is 4.14. The van der Waals surface area contributed by atoms with Crippen LogP contribution in [-0.2, 0) is 11.2 Å². The summed E-state index contributed by atoms with van der Waals surface area (Å²) in [6, 6.07) is 6.23. The molecule has 0 bridgehead atoms. The maximum atomic E-state index is 12.7. The lowest BCUT2D eigenvalue weighted by Crippen LogP contribution is -2.26. The van der Waals surface area contributed by atoms with Gasteiger partial charge in [-0.3, -0.25) is 0 Å². The SMILES string of the molecule is COCCC(=N)CC(N)Cc1ccc(F)cc1. The van der Waals surface area contributed by atoms with E-state index >= 15 is 0 Å². The molecule has 0 heterocycles. The number of nitrogens with two attached hydrogens (primary N) is 1. The highest BCUT2D eigenvalue weighted by Gasteiger charge is 2.07. The van der Waals surface area contributed by atoms with Crippen molar-refractivity contribution in [3.63, 3.8) is 0 Å². The van der Waals surface area contributed by atoms with Gasteiger partial charge in [-0.2, -0.15) is 0 Å². The van der Waals surface area contributed by atoms with Crippen molar-refractivity contribution in [1.82, 2.24) is 0 Å². The average molecular weight is 238 g/mol. The fourth-order valence-corrected chi connectivity index (χ4v) is 1.64. The molecule has 0 aliphatic heterocycles. The van der Waals surface area contributed by atoms with Crippen LogP contribution >= 0.6 is 0 Å². The van der Waals surface area contributed by atoms with Crippen LogP contribution in [0.1, 0.15) is 18.4 Å². The largest absolute Gasteiger partial charge is 0.384 e. The van der Waals surface area contributed by atoms with Crippen molar-refractivity contribution in [2.24, 2.45) is 5.73 Å². The molecule has 0 spiro atoms. The van der Waals surface area contributed by atoms with Gasteiger partial charge >= 0.3 is 0 Å². The van der Waals surface area contributed by atoms with Crippen LogP contribution in [0.3, 0.4) is 0 Å². The third-order valence-electron chi connectivity index (χ3n) is 2.53. The Hall–Kier alpha value is -1.26. The van der Waals surface area contributed by atoms with Gasteiger partial charge < -0.3 is 15.9 Å². The Labute approximate surface area is 101 Å². The highest BCUT2D eigenvalue weighted by molar-refractivity contribution is 5.81. The molecule has 0 aliphatic rings. The van der Waals surface area contributed by atoms with E-state index in [1.807, 2.05) is 0 Å². The predicted molar refractivity (Wildman–Crippen MR) is 66.9 cm³/mol. The van der Waals surface area contributed by atoms with Crippen LogP contribution < -0.4 is 5.73 Å². The Kier molecular flexibility index (Phi) is 5.80. The van der Waals surface area contributed by atoms with E-state index in [0.29, 0.717) is 31.6 Å². The fourth-order valence-electron chi connectivity index (χ4n) is 1.64. The number of nitrogens with one attached hydrogen (secondary N) is 1. The maximum Gasteiger partial charge on any atom is 0.123 e. The summed E-state index contributed by atoms with van der Waals surface area (Å²) < 4.78 is 17.6. The monoisotopic (exact) mass is 238 g/mol. The molecule has 17 heavy (non-hydrogen) atoms. The molecule has 1 atom stereocenters. The van der Waals surface area contributed by atoms with E-state index in [1.165, 1.54) is 12.1 Å². The molecule has 0 radical (unpaired) electrons. The van der Waals surface area contributed by atoms with Crippen LogP contribution in [0.15, 0.2) is 24.3 Å². The average Bonchev–Trinajstić information content (AvgIpc) is 2.29. The van der Waals surface area contributed by atoms with Crippen molar-refractivity contribution < 1.29 is 9.13 Å². The molecule has 1 rings (SSSR count). The Morgan fingerprint density at radius 1 is 1.41 bits per heavy atom. The van der Waals surface area contributed by atoms with Gasteiger partial charge in [0, 0.05) is 31.7 Å². The molecule has 1 unspecified atom stereocenters. The van der Waals surface area contributed by atoms with Crippen LogP contribution in [-0.4, -0.2) is 25.5 Å². The number of halogens is 1. The number of hydrogen-bond donors (Lipinski definition) is 2. The zero-order valence-corrected chi connectivity index (χ0v) is 10.1. The lowest BCUT2D eigenvalue weighted by Gasteiger charge is -2.12. The lowest BCUT2D eigenvalue weighted by atomic mass is 10.0. The first-order valence-electron chi connectivity index (χ1n) is 5.67. The number of methoxy groups -OCH3 is 1. The first-order valence-corrected chi connectivity index (χ1v) is 5.67. The normalized spacial score (nSPS) is 12.4. The number of ether oxygens (including phenoxy) is 1. The van der Waals surface area contributed by atoms with Gasteiger partial charge in [-0.1, -0.05) is 12.1 Å². The number of benzene rings is 1. The zero-order chi connectivity index (χ0) is 12.7. The van der Waals surface area contributed by atoms with Crippen molar-refractivity contribution in [3.8, 4) is 0 Å². The highest BCUT2D eigenvalue weighted by atomic mass is 19.1. The molecule has 3 nitrogen and oxygen atoms in total. The van der Waals surface area contributed by atoms with Gasteiger partial charge in [0.05, 0.1) is 6.61 Å². The van der Waals surface area contributed by atoms with E-state index in [-0.39, 0.29) is 11.9 Å². The molecule has 0 saturated carbocycles.